The Hall–Kier alpha value is -4.55. The summed E-state index contributed by atoms with van der Waals surface area (Å²) in [6.45, 7) is 0.112. The predicted molar refractivity (Wildman–Crippen MR) is 126 cm³/mol. The number of carbonyl (C=O) groups excluding carboxylic acids is 2. The zero-order chi connectivity index (χ0) is 26.2. The molecule has 2 amide bonds. The number of amides is 2. The maximum atomic E-state index is 12.8. The Labute approximate surface area is 207 Å². The van der Waals surface area contributed by atoms with Crippen molar-refractivity contribution in [2.24, 2.45) is 10.9 Å². The summed E-state index contributed by atoms with van der Waals surface area (Å²) < 4.78 is 46.3. The van der Waals surface area contributed by atoms with Crippen LogP contribution < -0.4 is 10.1 Å². The fourth-order valence-corrected chi connectivity index (χ4v) is 3.54. The summed E-state index contributed by atoms with van der Waals surface area (Å²) in [6, 6.07) is 11.3. The molecule has 1 N–H and O–H groups in total. The van der Waals surface area contributed by atoms with E-state index in [1.807, 2.05) is 0 Å². The second-order valence-corrected chi connectivity index (χ2v) is 8.55. The number of benzene rings is 1. The molecule has 0 spiro atoms. The number of aliphatic imine (C=N–C) groups is 1. The maximum Gasteiger partial charge on any atom is 0.408 e. The van der Waals surface area contributed by atoms with E-state index in [-0.39, 0.29) is 29.2 Å². The van der Waals surface area contributed by atoms with Crippen LogP contribution in [0.15, 0.2) is 53.7 Å². The molecule has 4 aromatic rings. The molecular formula is C24H20F3N7O3. The smallest absolute Gasteiger partial charge is 0.408 e. The average Bonchev–Trinajstić information content (AvgIpc) is 3.52. The van der Waals surface area contributed by atoms with Crippen LogP contribution in [-0.4, -0.2) is 48.6 Å². The van der Waals surface area contributed by atoms with Crippen LogP contribution in [0.4, 0.5) is 19.1 Å². The van der Waals surface area contributed by atoms with Gasteiger partial charge in [-0.25, -0.2) is 9.51 Å². The molecule has 190 valence electrons. The van der Waals surface area contributed by atoms with Gasteiger partial charge in [-0.3, -0.25) is 19.6 Å². The van der Waals surface area contributed by atoms with Gasteiger partial charge in [-0.1, -0.05) is 12.1 Å². The average molecular weight is 511 g/mol. The van der Waals surface area contributed by atoms with E-state index in [2.05, 4.69) is 25.5 Å². The van der Waals surface area contributed by atoms with Gasteiger partial charge in [0.05, 0.1) is 11.9 Å². The first-order chi connectivity index (χ1) is 17.6. The van der Waals surface area contributed by atoms with Crippen molar-refractivity contribution in [3.05, 3.63) is 65.6 Å². The number of pyridine rings is 1. The van der Waals surface area contributed by atoms with Crippen LogP contribution >= 0.6 is 0 Å². The van der Waals surface area contributed by atoms with Gasteiger partial charge < -0.3 is 4.74 Å². The second kappa shape index (κ2) is 9.48. The van der Waals surface area contributed by atoms with Gasteiger partial charge in [0.1, 0.15) is 23.7 Å². The molecule has 0 bridgehead atoms. The van der Waals surface area contributed by atoms with Crippen LogP contribution in [0, 0.1) is 12.8 Å². The standard InChI is InChI=1S/C24H20F3N7O3/c1-14-9-19(34(31-14)13-24(25,26)27)22(36)28-11-15-3-2-4-17(10-15)37-18-7-8-20-29-23(32-33(20)12-18)30-21(35)16-5-6-16/h2-4,7-12,16H,5-6,13H2,1H3,(H,30,32,35). The monoisotopic (exact) mass is 511 g/mol. The van der Waals surface area contributed by atoms with E-state index in [0.29, 0.717) is 27.4 Å². The molecule has 1 aromatic carbocycles. The predicted octanol–water partition coefficient (Wildman–Crippen LogP) is 4.20. The number of ether oxygens (including phenoxy) is 1. The van der Waals surface area contributed by atoms with Gasteiger partial charge in [0.15, 0.2) is 5.65 Å². The minimum atomic E-state index is -4.52. The number of rotatable bonds is 7. The lowest BCUT2D eigenvalue weighted by molar-refractivity contribution is -0.142. The zero-order valence-corrected chi connectivity index (χ0v) is 19.4. The molecule has 37 heavy (non-hydrogen) atoms. The Morgan fingerprint density at radius 3 is 2.73 bits per heavy atom. The number of nitrogens with one attached hydrogen (secondary N) is 1. The van der Waals surface area contributed by atoms with E-state index >= 15 is 0 Å². The SMILES string of the molecule is Cc1cc(C(=O)N=Cc2cccc(Oc3ccc4nc(NC(=O)C5CC5)nn4c3)c2)n(CC(F)(F)F)n1. The summed E-state index contributed by atoms with van der Waals surface area (Å²) in [6.07, 6.45) is 0.0633. The van der Waals surface area contributed by atoms with Crippen molar-refractivity contribution in [1.82, 2.24) is 24.4 Å². The van der Waals surface area contributed by atoms with E-state index in [1.165, 1.54) is 23.7 Å². The number of aryl methyl sites for hydroxylation is 1. The van der Waals surface area contributed by atoms with Crippen LogP contribution in [0.1, 0.15) is 34.6 Å². The molecule has 0 atom stereocenters. The van der Waals surface area contributed by atoms with Crippen molar-refractivity contribution < 1.29 is 27.5 Å². The molecule has 1 fully saturated rings. The van der Waals surface area contributed by atoms with Crippen LogP contribution in [0.5, 0.6) is 11.5 Å². The van der Waals surface area contributed by atoms with Gasteiger partial charge in [0.25, 0.3) is 5.91 Å². The van der Waals surface area contributed by atoms with E-state index < -0.39 is 18.6 Å². The van der Waals surface area contributed by atoms with Crippen molar-refractivity contribution in [2.45, 2.75) is 32.5 Å². The quantitative estimate of drug-likeness (QED) is 0.372. The fraction of sp³-hybridized carbons (Fsp3) is 0.250. The highest BCUT2D eigenvalue weighted by molar-refractivity contribution is 6.00. The minimum absolute atomic E-state index is 0.0304. The summed E-state index contributed by atoms with van der Waals surface area (Å²) in [5.41, 5.74) is 1.04. The molecule has 0 aliphatic heterocycles. The van der Waals surface area contributed by atoms with Crippen LogP contribution in [0.2, 0.25) is 0 Å². The number of anilines is 1. The third-order valence-electron chi connectivity index (χ3n) is 5.36. The number of fused-ring (bicyclic) bond motifs is 1. The van der Waals surface area contributed by atoms with Crippen LogP contribution in [0.25, 0.3) is 5.65 Å². The number of halogens is 3. The summed E-state index contributed by atoms with van der Waals surface area (Å²) >= 11 is 0. The third-order valence-corrected chi connectivity index (χ3v) is 5.36. The minimum Gasteiger partial charge on any atom is -0.456 e. The number of aromatic nitrogens is 5. The number of hydrogen-bond donors (Lipinski definition) is 1. The molecule has 1 saturated carbocycles. The Kier molecular flexibility index (Phi) is 6.19. The van der Waals surface area contributed by atoms with Gasteiger partial charge in [-0.2, -0.15) is 23.3 Å². The molecule has 1 aliphatic carbocycles. The normalized spacial score (nSPS) is 13.8. The van der Waals surface area contributed by atoms with E-state index in [4.69, 9.17) is 4.74 Å². The third kappa shape index (κ3) is 6.00. The Morgan fingerprint density at radius 1 is 1.16 bits per heavy atom. The van der Waals surface area contributed by atoms with Crippen molar-refractivity contribution in [1.29, 1.82) is 0 Å². The largest absolute Gasteiger partial charge is 0.456 e. The van der Waals surface area contributed by atoms with Crippen molar-refractivity contribution in [2.75, 3.05) is 5.32 Å². The van der Waals surface area contributed by atoms with Crippen LogP contribution in [0.3, 0.4) is 0 Å². The first-order valence-corrected chi connectivity index (χ1v) is 11.3. The number of alkyl halides is 3. The highest BCUT2D eigenvalue weighted by Crippen LogP contribution is 2.30. The van der Waals surface area contributed by atoms with Gasteiger partial charge >= 0.3 is 6.18 Å². The molecule has 1 aliphatic rings. The van der Waals surface area contributed by atoms with Crippen molar-refractivity contribution in [3.63, 3.8) is 0 Å². The molecule has 3 aromatic heterocycles. The second-order valence-electron chi connectivity index (χ2n) is 8.55. The lowest BCUT2D eigenvalue weighted by atomic mass is 10.2. The zero-order valence-electron chi connectivity index (χ0n) is 19.4. The molecule has 3 heterocycles. The lowest BCUT2D eigenvalue weighted by Gasteiger charge is -2.08. The van der Waals surface area contributed by atoms with E-state index in [0.717, 1.165) is 12.8 Å². The lowest BCUT2D eigenvalue weighted by Crippen LogP contribution is -2.21. The maximum absolute atomic E-state index is 12.8. The molecular weight excluding hydrogens is 491 g/mol. The summed E-state index contributed by atoms with van der Waals surface area (Å²) in [7, 11) is 0. The van der Waals surface area contributed by atoms with Gasteiger partial charge in [0, 0.05) is 12.1 Å². The summed E-state index contributed by atoms with van der Waals surface area (Å²) in [4.78, 5) is 32.4. The van der Waals surface area contributed by atoms with Crippen molar-refractivity contribution >= 4 is 29.6 Å². The molecule has 0 unspecified atom stereocenters. The fourth-order valence-electron chi connectivity index (χ4n) is 3.54. The summed E-state index contributed by atoms with van der Waals surface area (Å²) in [5, 5.41) is 10.7. The summed E-state index contributed by atoms with van der Waals surface area (Å²) in [5.74, 6) is 0.165. The highest BCUT2D eigenvalue weighted by atomic mass is 19.4. The topological polar surface area (TPSA) is 116 Å². The molecule has 10 nitrogen and oxygen atoms in total. The van der Waals surface area contributed by atoms with Gasteiger partial charge in [-0.15, -0.1) is 5.10 Å². The Morgan fingerprint density at radius 2 is 1.97 bits per heavy atom. The van der Waals surface area contributed by atoms with Crippen LogP contribution in [-0.2, 0) is 11.3 Å². The number of nitrogens with zero attached hydrogens (tertiary/aromatic N) is 6. The molecule has 0 saturated heterocycles. The first-order valence-electron chi connectivity index (χ1n) is 11.3. The van der Waals surface area contributed by atoms with E-state index in [1.54, 1.807) is 42.6 Å². The Balaban J connectivity index is 1.28. The number of carbonyl (C=O) groups is 2. The Bertz CT molecular complexity index is 1520. The molecule has 13 heteroatoms. The van der Waals surface area contributed by atoms with Crippen molar-refractivity contribution in [3.8, 4) is 11.5 Å². The molecule has 0 radical (unpaired) electrons. The van der Waals surface area contributed by atoms with Gasteiger partial charge in [-0.05, 0) is 55.7 Å². The number of hydrogen-bond acceptors (Lipinski definition) is 6. The first kappa shape index (κ1) is 24.2. The molecule has 5 rings (SSSR count). The van der Waals surface area contributed by atoms with E-state index in [9.17, 15) is 22.8 Å². The van der Waals surface area contributed by atoms with Gasteiger partial charge in [0.2, 0.25) is 11.9 Å². The highest BCUT2D eigenvalue weighted by Gasteiger charge is 2.31.